The van der Waals surface area contributed by atoms with Crippen LogP contribution in [0.1, 0.15) is 17.2 Å². The molecule has 1 unspecified atom stereocenters. The van der Waals surface area contributed by atoms with Gasteiger partial charge >= 0.3 is 0 Å². The molecule has 1 amide bonds. The summed E-state index contributed by atoms with van der Waals surface area (Å²) in [6.45, 7) is 3.58. The van der Waals surface area contributed by atoms with Gasteiger partial charge in [-0.15, -0.1) is 0 Å². The fraction of sp³-hybridized carbons (Fsp3) is 0.333. The number of benzene rings is 2. The summed E-state index contributed by atoms with van der Waals surface area (Å²) < 4.78 is 10.6. The topological polar surface area (TPSA) is 99.5 Å². The number of methoxy groups -OCH3 is 1. The smallest absolute Gasteiger partial charge is 0.295 e. The molecule has 0 saturated carbocycles. The predicted octanol–water partition coefficient (Wildman–Crippen LogP) is 2.81. The fourth-order valence-electron chi connectivity index (χ4n) is 4.16. The van der Waals surface area contributed by atoms with Crippen LogP contribution in [0.2, 0.25) is 5.02 Å². The molecule has 33 heavy (non-hydrogen) atoms. The molecule has 9 heteroatoms. The molecule has 1 atom stereocenters. The van der Waals surface area contributed by atoms with E-state index in [4.69, 9.17) is 21.1 Å². The number of likely N-dealkylation sites (tertiary alicyclic amines) is 1. The summed E-state index contributed by atoms with van der Waals surface area (Å²) in [6.07, 6.45) is 0. The van der Waals surface area contributed by atoms with Crippen LogP contribution in [0.15, 0.2) is 48.0 Å². The fourth-order valence-corrected chi connectivity index (χ4v) is 4.33. The summed E-state index contributed by atoms with van der Waals surface area (Å²) >= 11 is 6.05. The first-order valence-corrected chi connectivity index (χ1v) is 11.0. The van der Waals surface area contributed by atoms with Crippen molar-refractivity contribution in [3.8, 4) is 11.5 Å². The van der Waals surface area contributed by atoms with Crippen LogP contribution < -0.4 is 4.74 Å². The van der Waals surface area contributed by atoms with Crippen molar-refractivity contribution in [2.24, 2.45) is 0 Å². The van der Waals surface area contributed by atoms with Gasteiger partial charge in [0.2, 0.25) is 0 Å². The molecule has 174 valence electrons. The molecule has 2 fully saturated rings. The van der Waals surface area contributed by atoms with Gasteiger partial charge in [-0.1, -0.05) is 23.7 Å². The number of carbonyl (C=O) groups excluding carboxylic acids is 2. The van der Waals surface area contributed by atoms with Gasteiger partial charge in [0.1, 0.15) is 17.3 Å². The highest BCUT2D eigenvalue weighted by molar-refractivity contribution is 6.46. The van der Waals surface area contributed by atoms with Gasteiger partial charge in [0.15, 0.2) is 0 Å². The van der Waals surface area contributed by atoms with E-state index in [0.717, 1.165) is 13.1 Å². The normalized spacial score (nSPS) is 20.9. The number of hydrogen-bond acceptors (Lipinski definition) is 7. The van der Waals surface area contributed by atoms with E-state index in [-0.39, 0.29) is 21.9 Å². The van der Waals surface area contributed by atoms with E-state index < -0.39 is 23.5 Å². The Morgan fingerprint density at radius 3 is 2.48 bits per heavy atom. The van der Waals surface area contributed by atoms with Crippen molar-refractivity contribution in [3.05, 3.63) is 64.2 Å². The zero-order chi connectivity index (χ0) is 23.5. The van der Waals surface area contributed by atoms with Gasteiger partial charge < -0.3 is 24.6 Å². The average molecular weight is 473 g/mol. The molecule has 2 aliphatic rings. The molecule has 2 saturated heterocycles. The number of rotatable bonds is 6. The van der Waals surface area contributed by atoms with E-state index in [1.165, 1.54) is 23.1 Å². The summed E-state index contributed by atoms with van der Waals surface area (Å²) in [6, 6.07) is 10.3. The lowest BCUT2D eigenvalue weighted by Crippen LogP contribution is -2.42. The molecule has 2 aliphatic heterocycles. The van der Waals surface area contributed by atoms with Gasteiger partial charge in [-0.25, -0.2) is 0 Å². The largest absolute Gasteiger partial charge is 0.507 e. The van der Waals surface area contributed by atoms with Gasteiger partial charge in [0.05, 0.1) is 37.5 Å². The van der Waals surface area contributed by atoms with Crippen LogP contribution in [-0.2, 0) is 14.3 Å². The first-order valence-electron chi connectivity index (χ1n) is 10.6. The second kappa shape index (κ2) is 9.82. The molecule has 0 aliphatic carbocycles. The van der Waals surface area contributed by atoms with E-state index in [2.05, 4.69) is 4.90 Å². The number of aliphatic hydroxyl groups is 1. The number of morpholine rings is 1. The third-order valence-electron chi connectivity index (χ3n) is 5.95. The Hall–Kier alpha value is -3.07. The maximum Gasteiger partial charge on any atom is 0.295 e. The Morgan fingerprint density at radius 1 is 1.12 bits per heavy atom. The lowest BCUT2D eigenvalue weighted by Gasteiger charge is -2.31. The molecule has 2 N–H and O–H groups in total. The van der Waals surface area contributed by atoms with Crippen LogP contribution in [0.25, 0.3) is 5.76 Å². The Kier molecular flexibility index (Phi) is 6.88. The van der Waals surface area contributed by atoms with Gasteiger partial charge in [0, 0.05) is 31.2 Å². The average Bonchev–Trinajstić information content (AvgIpc) is 3.09. The number of Topliss-reactive ketones (excluding diaryl/α,β-unsaturated/α-hetero) is 1. The summed E-state index contributed by atoms with van der Waals surface area (Å²) in [4.78, 5) is 29.8. The van der Waals surface area contributed by atoms with Gasteiger partial charge in [-0.05, 0) is 35.9 Å². The molecular formula is C24H25ClN2O6. The van der Waals surface area contributed by atoms with Crippen molar-refractivity contribution in [1.82, 2.24) is 9.80 Å². The lowest BCUT2D eigenvalue weighted by molar-refractivity contribution is -0.140. The number of nitrogens with zero attached hydrogens (tertiary/aromatic N) is 2. The highest BCUT2D eigenvalue weighted by Crippen LogP contribution is 2.41. The minimum absolute atomic E-state index is 0.00723. The van der Waals surface area contributed by atoms with Crippen LogP contribution in [0, 0.1) is 0 Å². The summed E-state index contributed by atoms with van der Waals surface area (Å²) in [5.74, 6) is -1.61. The van der Waals surface area contributed by atoms with Crippen LogP contribution in [-0.4, -0.2) is 78.2 Å². The van der Waals surface area contributed by atoms with Crippen molar-refractivity contribution < 1.29 is 29.3 Å². The first kappa shape index (κ1) is 23.1. The molecule has 2 aromatic carbocycles. The van der Waals surface area contributed by atoms with E-state index in [0.29, 0.717) is 37.6 Å². The highest BCUT2D eigenvalue weighted by atomic mass is 35.5. The molecule has 0 spiro atoms. The second-order valence-corrected chi connectivity index (χ2v) is 8.32. The number of hydrogen-bond donors (Lipinski definition) is 2. The number of ketones is 1. The zero-order valence-corrected chi connectivity index (χ0v) is 18.9. The predicted molar refractivity (Wildman–Crippen MR) is 122 cm³/mol. The van der Waals surface area contributed by atoms with Crippen molar-refractivity contribution in [2.75, 3.05) is 46.5 Å². The van der Waals surface area contributed by atoms with Crippen LogP contribution in [0.5, 0.6) is 11.5 Å². The monoisotopic (exact) mass is 472 g/mol. The minimum Gasteiger partial charge on any atom is -0.507 e. The van der Waals surface area contributed by atoms with E-state index in [1.54, 1.807) is 31.4 Å². The molecular weight excluding hydrogens is 448 g/mol. The summed E-state index contributed by atoms with van der Waals surface area (Å²) in [5, 5.41) is 21.7. The Bertz CT molecular complexity index is 1080. The third-order valence-corrected chi connectivity index (χ3v) is 6.18. The Balaban J connectivity index is 1.76. The second-order valence-electron chi connectivity index (χ2n) is 7.88. The number of phenolic OH excluding ortho intramolecular Hbond substituents is 1. The lowest BCUT2D eigenvalue weighted by atomic mass is 9.95. The van der Waals surface area contributed by atoms with Crippen LogP contribution >= 0.6 is 11.6 Å². The summed E-state index contributed by atoms with van der Waals surface area (Å²) in [7, 11) is 1.55. The van der Waals surface area contributed by atoms with Crippen molar-refractivity contribution in [3.63, 3.8) is 0 Å². The Morgan fingerprint density at radius 2 is 1.82 bits per heavy atom. The van der Waals surface area contributed by atoms with Gasteiger partial charge in [-0.2, -0.15) is 0 Å². The molecule has 8 nitrogen and oxygen atoms in total. The maximum atomic E-state index is 13.1. The maximum absolute atomic E-state index is 13.1. The quantitative estimate of drug-likeness (QED) is 0.379. The zero-order valence-electron chi connectivity index (χ0n) is 18.2. The van der Waals surface area contributed by atoms with Crippen LogP contribution in [0.4, 0.5) is 0 Å². The SMILES string of the molecule is COc1ccc(C2C(=C(O)c3cc(Cl)ccc3O)C(=O)C(=O)N2CCN2CCOCC2)cc1. The van der Waals surface area contributed by atoms with Crippen LogP contribution in [0.3, 0.4) is 0 Å². The molecule has 0 aromatic heterocycles. The van der Waals surface area contributed by atoms with E-state index >= 15 is 0 Å². The number of phenols is 1. The molecule has 2 aromatic rings. The number of halogens is 1. The standard InChI is InChI=1S/C24H25ClN2O6/c1-32-17-5-2-15(3-6-17)21-20(22(29)18-14-16(25)4-7-19(18)28)23(30)24(31)27(21)9-8-26-10-12-33-13-11-26/h2-7,14,21,28-29H,8-13H2,1H3. The molecule has 4 rings (SSSR count). The number of carbonyl (C=O) groups is 2. The van der Waals surface area contributed by atoms with Crippen molar-refractivity contribution in [1.29, 1.82) is 0 Å². The van der Waals surface area contributed by atoms with Gasteiger partial charge in [0.25, 0.3) is 11.7 Å². The van der Waals surface area contributed by atoms with Crippen molar-refractivity contribution in [2.45, 2.75) is 6.04 Å². The number of aliphatic hydroxyl groups excluding tert-OH is 1. The Labute approximate surface area is 196 Å². The number of aromatic hydroxyl groups is 1. The number of amides is 1. The third kappa shape index (κ3) is 4.68. The van der Waals surface area contributed by atoms with E-state index in [1.807, 2.05) is 0 Å². The molecule has 0 radical (unpaired) electrons. The van der Waals surface area contributed by atoms with Crippen molar-refractivity contribution >= 4 is 29.1 Å². The van der Waals surface area contributed by atoms with Gasteiger partial charge in [-0.3, -0.25) is 14.5 Å². The molecule has 0 bridgehead atoms. The summed E-state index contributed by atoms with van der Waals surface area (Å²) in [5.41, 5.74) is 0.539. The first-order chi connectivity index (χ1) is 15.9. The highest BCUT2D eigenvalue weighted by Gasteiger charge is 2.46. The number of ether oxygens (including phenoxy) is 2. The van der Waals surface area contributed by atoms with E-state index in [9.17, 15) is 19.8 Å². The minimum atomic E-state index is -0.824. The molecule has 2 heterocycles.